The van der Waals surface area contributed by atoms with Crippen LogP contribution < -0.4 is 5.32 Å². The Morgan fingerprint density at radius 1 is 1.20 bits per heavy atom. The number of morpholine rings is 1. The lowest BCUT2D eigenvalue weighted by Crippen LogP contribution is -2.41. The predicted molar refractivity (Wildman–Crippen MR) is 75.0 cm³/mol. The van der Waals surface area contributed by atoms with Crippen LogP contribution in [0.4, 0.5) is 4.39 Å². The first-order valence-electron chi connectivity index (χ1n) is 7.06. The van der Waals surface area contributed by atoms with Crippen molar-refractivity contribution in [3.63, 3.8) is 0 Å². The molecule has 0 spiro atoms. The fourth-order valence-electron chi connectivity index (χ4n) is 2.17. The summed E-state index contributed by atoms with van der Waals surface area (Å²) in [7, 11) is 0. The number of hydrogen-bond acceptors (Lipinski definition) is 3. The Balaban J connectivity index is 1.57. The third-order valence-electron chi connectivity index (χ3n) is 3.38. The first kappa shape index (κ1) is 14.9. The second-order valence-electron chi connectivity index (χ2n) is 4.87. The number of benzene rings is 1. The van der Waals surface area contributed by atoms with Gasteiger partial charge in [-0.05, 0) is 30.7 Å². The molecule has 1 fully saturated rings. The molecule has 0 aliphatic carbocycles. The van der Waals surface area contributed by atoms with Crippen molar-refractivity contribution in [2.45, 2.75) is 12.8 Å². The van der Waals surface area contributed by atoms with Crippen LogP contribution in [0.2, 0.25) is 0 Å². The molecule has 0 radical (unpaired) electrons. The van der Waals surface area contributed by atoms with Crippen molar-refractivity contribution in [3.05, 3.63) is 35.6 Å². The standard InChI is InChI=1S/C15H21FN2O2/c16-14-3-1-13(2-4-14)5-7-17-8-6-15(19)18-9-11-20-12-10-18/h1-4,17H,5-12H2. The number of rotatable bonds is 6. The van der Waals surface area contributed by atoms with E-state index in [4.69, 9.17) is 4.74 Å². The zero-order valence-corrected chi connectivity index (χ0v) is 11.6. The summed E-state index contributed by atoms with van der Waals surface area (Å²) in [5.41, 5.74) is 1.10. The third-order valence-corrected chi connectivity index (χ3v) is 3.38. The van der Waals surface area contributed by atoms with Crippen molar-refractivity contribution in [1.82, 2.24) is 10.2 Å². The highest BCUT2D eigenvalue weighted by Crippen LogP contribution is 2.03. The maximum absolute atomic E-state index is 12.7. The molecule has 0 bridgehead atoms. The van der Waals surface area contributed by atoms with Crippen molar-refractivity contribution in [2.75, 3.05) is 39.4 Å². The fraction of sp³-hybridized carbons (Fsp3) is 0.533. The second-order valence-corrected chi connectivity index (χ2v) is 4.87. The molecule has 1 aromatic carbocycles. The molecule has 4 nitrogen and oxygen atoms in total. The van der Waals surface area contributed by atoms with Crippen molar-refractivity contribution in [1.29, 1.82) is 0 Å². The van der Waals surface area contributed by atoms with Crippen molar-refractivity contribution < 1.29 is 13.9 Å². The lowest BCUT2D eigenvalue weighted by atomic mass is 10.1. The van der Waals surface area contributed by atoms with Crippen molar-refractivity contribution in [3.8, 4) is 0 Å². The van der Waals surface area contributed by atoms with E-state index in [9.17, 15) is 9.18 Å². The molecule has 5 heteroatoms. The van der Waals surface area contributed by atoms with Gasteiger partial charge in [0.15, 0.2) is 0 Å². The fourth-order valence-corrected chi connectivity index (χ4v) is 2.17. The number of nitrogens with one attached hydrogen (secondary N) is 1. The molecular formula is C15H21FN2O2. The van der Waals surface area contributed by atoms with Gasteiger partial charge in [-0.25, -0.2) is 4.39 Å². The summed E-state index contributed by atoms with van der Waals surface area (Å²) >= 11 is 0. The Morgan fingerprint density at radius 3 is 2.60 bits per heavy atom. The maximum atomic E-state index is 12.7. The molecule has 0 unspecified atom stereocenters. The summed E-state index contributed by atoms with van der Waals surface area (Å²) in [5.74, 6) is -0.0274. The Bertz CT molecular complexity index is 416. The van der Waals surface area contributed by atoms with Crippen LogP contribution in [-0.4, -0.2) is 50.2 Å². The minimum atomic E-state index is -0.210. The summed E-state index contributed by atoms with van der Waals surface area (Å²) in [4.78, 5) is 13.7. The van der Waals surface area contributed by atoms with E-state index >= 15 is 0 Å². The van der Waals surface area contributed by atoms with E-state index in [-0.39, 0.29) is 11.7 Å². The summed E-state index contributed by atoms with van der Waals surface area (Å²) in [6, 6.07) is 6.51. The van der Waals surface area contributed by atoms with Crippen LogP contribution in [0.1, 0.15) is 12.0 Å². The predicted octanol–water partition coefficient (Wildman–Crippen LogP) is 1.21. The molecular weight excluding hydrogens is 259 g/mol. The molecule has 0 aromatic heterocycles. The monoisotopic (exact) mass is 280 g/mol. The van der Waals surface area contributed by atoms with Crippen LogP contribution in [0.15, 0.2) is 24.3 Å². The van der Waals surface area contributed by atoms with Gasteiger partial charge in [0.2, 0.25) is 5.91 Å². The van der Waals surface area contributed by atoms with Gasteiger partial charge in [-0.2, -0.15) is 0 Å². The molecule has 0 atom stereocenters. The van der Waals surface area contributed by atoms with Crippen molar-refractivity contribution >= 4 is 5.91 Å². The number of carbonyl (C=O) groups excluding carboxylic acids is 1. The minimum Gasteiger partial charge on any atom is -0.378 e. The third kappa shape index (κ3) is 4.90. The normalized spacial score (nSPS) is 15.3. The molecule has 1 aliphatic rings. The summed E-state index contributed by atoms with van der Waals surface area (Å²) in [6.45, 7) is 4.16. The van der Waals surface area contributed by atoms with E-state index in [0.717, 1.165) is 18.5 Å². The van der Waals surface area contributed by atoms with Gasteiger partial charge in [0.05, 0.1) is 13.2 Å². The summed E-state index contributed by atoms with van der Waals surface area (Å²) in [6.07, 6.45) is 1.36. The van der Waals surface area contributed by atoms with E-state index in [1.54, 1.807) is 12.1 Å². The lowest BCUT2D eigenvalue weighted by Gasteiger charge is -2.26. The first-order valence-corrected chi connectivity index (χ1v) is 7.06. The van der Waals surface area contributed by atoms with Crippen LogP contribution in [-0.2, 0) is 16.0 Å². The van der Waals surface area contributed by atoms with Gasteiger partial charge in [-0.1, -0.05) is 12.1 Å². The number of amides is 1. The van der Waals surface area contributed by atoms with Crippen molar-refractivity contribution in [2.24, 2.45) is 0 Å². The minimum absolute atomic E-state index is 0.183. The number of nitrogens with zero attached hydrogens (tertiary/aromatic N) is 1. The van der Waals surface area contributed by atoms with E-state index in [1.807, 2.05) is 4.90 Å². The zero-order valence-electron chi connectivity index (χ0n) is 11.6. The number of carbonyl (C=O) groups is 1. The molecule has 20 heavy (non-hydrogen) atoms. The quantitative estimate of drug-likeness (QED) is 0.796. The highest BCUT2D eigenvalue weighted by atomic mass is 19.1. The SMILES string of the molecule is O=C(CCNCCc1ccc(F)cc1)N1CCOCC1. The van der Waals surface area contributed by atoms with E-state index in [0.29, 0.717) is 39.3 Å². The highest BCUT2D eigenvalue weighted by molar-refractivity contribution is 5.76. The molecule has 1 saturated heterocycles. The van der Waals surface area contributed by atoms with Gasteiger partial charge in [0.25, 0.3) is 0 Å². The van der Waals surface area contributed by atoms with Gasteiger partial charge in [0, 0.05) is 26.1 Å². The van der Waals surface area contributed by atoms with Gasteiger partial charge in [-0.15, -0.1) is 0 Å². The van der Waals surface area contributed by atoms with E-state index in [2.05, 4.69) is 5.32 Å². The first-order chi connectivity index (χ1) is 9.75. The lowest BCUT2D eigenvalue weighted by molar-refractivity contribution is -0.135. The molecule has 1 aliphatic heterocycles. The molecule has 2 rings (SSSR count). The highest BCUT2D eigenvalue weighted by Gasteiger charge is 2.15. The summed E-state index contributed by atoms with van der Waals surface area (Å²) < 4.78 is 17.9. The Labute approximate surface area is 118 Å². The topological polar surface area (TPSA) is 41.6 Å². The smallest absolute Gasteiger partial charge is 0.224 e. The Hall–Kier alpha value is -1.46. The average molecular weight is 280 g/mol. The molecule has 1 heterocycles. The van der Waals surface area contributed by atoms with Crippen LogP contribution >= 0.6 is 0 Å². The van der Waals surface area contributed by atoms with Gasteiger partial charge >= 0.3 is 0 Å². The average Bonchev–Trinajstić information content (AvgIpc) is 2.49. The Kier molecular flexibility index (Phi) is 5.95. The van der Waals surface area contributed by atoms with Gasteiger partial charge < -0.3 is 15.0 Å². The van der Waals surface area contributed by atoms with Crippen LogP contribution in [0, 0.1) is 5.82 Å². The molecule has 1 aromatic rings. The summed E-state index contributed by atoms with van der Waals surface area (Å²) in [5, 5.41) is 3.25. The second kappa shape index (κ2) is 7.97. The molecule has 1 amide bonds. The van der Waals surface area contributed by atoms with Gasteiger partial charge in [-0.3, -0.25) is 4.79 Å². The van der Waals surface area contributed by atoms with Crippen LogP contribution in [0.25, 0.3) is 0 Å². The zero-order chi connectivity index (χ0) is 14.2. The van der Waals surface area contributed by atoms with E-state index < -0.39 is 0 Å². The van der Waals surface area contributed by atoms with Crippen LogP contribution in [0.3, 0.4) is 0 Å². The van der Waals surface area contributed by atoms with E-state index in [1.165, 1.54) is 12.1 Å². The Morgan fingerprint density at radius 2 is 1.90 bits per heavy atom. The number of halogens is 1. The van der Waals surface area contributed by atoms with Gasteiger partial charge in [0.1, 0.15) is 5.82 Å². The number of ether oxygens (including phenoxy) is 1. The largest absolute Gasteiger partial charge is 0.378 e. The molecule has 110 valence electrons. The molecule has 1 N–H and O–H groups in total. The number of hydrogen-bond donors (Lipinski definition) is 1. The van der Waals surface area contributed by atoms with Crippen LogP contribution in [0.5, 0.6) is 0 Å². The molecule has 0 saturated carbocycles. The maximum Gasteiger partial charge on any atom is 0.224 e.